The van der Waals surface area contributed by atoms with Crippen LogP contribution in [0.15, 0.2) is 15.5 Å². The largest absolute Gasteiger partial charge is 0.328 e. The van der Waals surface area contributed by atoms with Crippen LogP contribution in [0, 0.1) is 11.3 Å². The summed E-state index contributed by atoms with van der Waals surface area (Å²) >= 11 is 2.77. The van der Waals surface area contributed by atoms with E-state index in [4.69, 9.17) is 5.26 Å². The summed E-state index contributed by atoms with van der Waals surface area (Å²) in [4.78, 5) is 13.2. The van der Waals surface area contributed by atoms with Crippen molar-refractivity contribution in [2.75, 3.05) is 0 Å². The van der Waals surface area contributed by atoms with E-state index in [2.05, 4.69) is 20.9 Å². The van der Waals surface area contributed by atoms with Gasteiger partial charge in [0, 0.05) is 11.8 Å². The normalized spacial score (nSPS) is 10.2. The molecule has 0 amide bonds. The zero-order valence-corrected chi connectivity index (χ0v) is 8.44. The molecule has 1 rings (SSSR count). The molecule has 0 bridgehead atoms. The van der Waals surface area contributed by atoms with Crippen molar-refractivity contribution >= 4 is 15.9 Å². The molecule has 0 aliphatic carbocycles. The lowest BCUT2D eigenvalue weighted by molar-refractivity contribution is 0.149. The number of nitriles is 1. The average molecular weight is 263 g/mol. The molecule has 1 heterocycles. The van der Waals surface area contributed by atoms with E-state index in [1.165, 1.54) is 0 Å². The van der Waals surface area contributed by atoms with Gasteiger partial charge in [0.1, 0.15) is 0 Å². The Hall–Kier alpha value is -1.22. The zero-order chi connectivity index (χ0) is 10.7. The highest BCUT2D eigenvalue weighted by Gasteiger charge is 2.18. The van der Waals surface area contributed by atoms with Crippen molar-refractivity contribution in [1.29, 1.82) is 5.26 Å². The lowest BCUT2D eigenvalue weighted by Gasteiger charge is -2.06. The summed E-state index contributed by atoms with van der Waals surface area (Å²) in [6.45, 7) is 0. The maximum absolute atomic E-state index is 12.5. The number of rotatable bonds is 2. The number of aromatic nitrogens is 1. The number of aromatic amines is 1. The van der Waals surface area contributed by atoms with Crippen molar-refractivity contribution in [1.82, 2.24) is 4.98 Å². The first-order valence-electron chi connectivity index (χ1n) is 3.63. The van der Waals surface area contributed by atoms with Gasteiger partial charge in [0.05, 0.1) is 17.0 Å². The average Bonchev–Trinajstić information content (AvgIpc) is 2.11. The quantitative estimate of drug-likeness (QED) is 0.888. The number of nitrogens with zero attached hydrogens (tertiary/aromatic N) is 1. The van der Waals surface area contributed by atoms with E-state index < -0.39 is 17.5 Å². The first-order valence-corrected chi connectivity index (χ1v) is 4.42. The molecule has 74 valence electrons. The van der Waals surface area contributed by atoms with Gasteiger partial charge in [-0.15, -0.1) is 0 Å². The molecule has 0 unspecified atom stereocenters. The number of H-pyrrole nitrogens is 1. The molecule has 14 heavy (non-hydrogen) atoms. The van der Waals surface area contributed by atoms with E-state index in [-0.39, 0.29) is 16.5 Å². The fourth-order valence-corrected chi connectivity index (χ4v) is 1.57. The third-order valence-corrected chi connectivity index (χ3v) is 2.43. The Bertz CT molecular complexity index is 436. The standard InChI is InChI=1S/C8H5BrF2N2O/c9-6-5(7(10)11)4(1-2-12)3-13-8(6)14/h3,7H,1H2,(H,13,14). The molecule has 0 aromatic carbocycles. The Kier molecular flexibility index (Phi) is 3.36. The molecule has 0 fully saturated rings. The Morgan fingerprint density at radius 1 is 1.64 bits per heavy atom. The van der Waals surface area contributed by atoms with Crippen LogP contribution in [-0.4, -0.2) is 4.98 Å². The minimum Gasteiger partial charge on any atom is -0.328 e. The van der Waals surface area contributed by atoms with Gasteiger partial charge in [0.15, 0.2) is 0 Å². The summed E-state index contributed by atoms with van der Waals surface area (Å²) < 4.78 is 24.8. The van der Waals surface area contributed by atoms with Crippen LogP contribution in [0.25, 0.3) is 0 Å². The Morgan fingerprint density at radius 3 is 2.79 bits per heavy atom. The maximum atomic E-state index is 12.5. The molecule has 1 N–H and O–H groups in total. The Morgan fingerprint density at radius 2 is 2.29 bits per heavy atom. The van der Waals surface area contributed by atoms with Crippen LogP contribution in [0.5, 0.6) is 0 Å². The summed E-state index contributed by atoms with van der Waals surface area (Å²) in [7, 11) is 0. The first kappa shape index (κ1) is 10.9. The maximum Gasteiger partial charge on any atom is 0.265 e. The molecule has 0 radical (unpaired) electrons. The van der Waals surface area contributed by atoms with E-state index >= 15 is 0 Å². The van der Waals surface area contributed by atoms with Gasteiger partial charge in [-0.2, -0.15) is 5.26 Å². The minimum absolute atomic E-state index is 0.133. The van der Waals surface area contributed by atoms with Crippen molar-refractivity contribution in [2.45, 2.75) is 12.8 Å². The second kappa shape index (κ2) is 4.33. The van der Waals surface area contributed by atoms with Crippen LogP contribution in [0.4, 0.5) is 8.78 Å². The highest BCUT2D eigenvalue weighted by atomic mass is 79.9. The van der Waals surface area contributed by atoms with Crippen LogP contribution in [0.1, 0.15) is 17.6 Å². The molecular weight excluding hydrogens is 258 g/mol. The summed E-state index contributed by atoms with van der Waals surface area (Å²) in [5, 5.41) is 8.38. The van der Waals surface area contributed by atoms with Crippen LogP contribution < -0.4 is 5.56 Å². The van der Waals surface area contributed by atoms with Gasteiger partial charge in [-0.1, -0.05) is 0 Å². The zero-order valence-electron chi connectivity index (χ0n) is 6.85. The second-order valence-corrected chi connectivity index (χ2v) is 3.30. The Labute approximate surface area is 86.5 Å². The topological polar surface area (TPSA) is 56.6 Å². The van der Waals surface area contributed by atoms with E-state index in [1.54, 1.807) is 6.07 Å². The number of hydrogen-bond acceptors (Lipinski definition) is 2. The molecule has 6 heteroatoms. The second-order valence-electron chi connectivity index (χ2n) is 2.51. The predicted molar refractivity (Wildman–Crippen MR) is 49.0 cm³/mol. The monoisotopic (exact) mass is 262 g/mol. The van der Waals surface area contributed by atoms with Crippen LogP contribution in [0.3, 0.4) is 0 Å². The molecular formula is C8H5BrF2N2O. The van der Waals surface area contributed by atoms with Crippen LogP contribution >= 0.6 is 15.9 Å². The SMILES string of the molecule is N#CCc1c[nH]c(=O)c(Br)c1C(F)F. The molecule has 1 aromatic heterocycles. The first-order chi connectivity index (χ1) is 6.57. The molecule has 0 spiro atoms. The summed E-state index contributed by atoms with van der Waals surface area (Å²) in [5.41, 5.74) is -0.897. The summed E-state index contributed by atoms with van der Waals surface area (Å²) in [5.74, 6) is 0. The van der Waals surface area contributed by atoms with Crippen molar-refractivity contribution in [3.63, 3.8) is 0 Å². The molecule has 1 aromatic rings. The van der Waals surface area contributed by atoms with Gasteiger partial charge >= 0.3 is 0 Å². The smallest absolute Gasteiger partial charge is 0.265 e. The van der Waals surface area contributed by atoms with Crippen molar-refractivity contribution in [2.24, 2.45) is 0 Å². The van der Waals surface area contributed by atoms with E-state index in [1.807, 2.05) is 0 Å². The number of nitrogens with one attached hydrogen (secondary N) is 1. The highest BCUT2D eigenvalue weighted by molar-refractivity contribution is 9.10. The lowest BCUT2D eigenvalue weighted by atomic mass is 10.1. The molecule has 0 saturated heterocycles. The molecule has 3 nitrogen and oxygen atoms in total. The Balaban J connectivity index is 3.39. The van der Waals surface area contributed by atoms with Crippen LogP contribution in [-0.2, 0) is 6.42 Å². The van der Waals surface area contributed by atoms with Gasteiger partial charge in [-0.05, 0) is 21.5 Å². The molecule has 0 aliphatic rings. The fourth-order valence-electron chi connectivity index (χ4n) is 1.02. The van der Waals surface area contributed by atoms with E-state index in [0.29, 0.717) is 0 Å². The predicted octanol–water partition coefficient (Wildman–Crippen LogP) is 2.14. The number of halogens is 3. The number of alkyl halides is 2. The highest BCUT2D eigenvalue weighted by Crippen LogP contribution is 2.27. The molecule has 0 atom stereocenters. The van der Waals surface area contributed by atoms with E-state index in [9.17, 15) is 13.6 Å². The van der Waals surface area contributed by atoms with Gasteiger partial charge in [-0.3, -0.25) is 4.79 Å². The summed E-state index contributed by atoms with van der Waals surface area (Å²) in [6.07, 6.45) is -1.79. The molecule has 0 saturated carbocycles. The van der Waals surface area contributed by atoms with Gasteiger partial charge < -0.3 is 4.98 Å². The number of hydrogen-bond donors (Lipinski definition) is 1. The van der Waals surface area contributed by atoms with E-state index in [0.717, 1.165) is 6.20 Å². The lowest BCUT2D eigenvalue weighted by Crippen LogP contribution is -2.12. The fraction of sp³-hybridized carbons (Fsp3) is 0.250. The van der Waals surface area contributed by atoms with Crippen molar-refractivity contribution in [3.8, 4) is 6.07 Å². The van der Waals surface area contributed by atoms with Crippen molar-refractivity contribution < 1.29 is 8.78 Å². The van der Waals surface area contributed by atoms with Gasteiger partial charge in [0.2, 0.25) is 0 Å². The van der Waals surface area contributed by atoms with Crippen molar-refractivity contribution in [3.05, 3.63) is 32.2 Å². The van der Waals surface area contributed by atoms with Gasteiger partial charge in [-0.25, -0.2) is 8.78 Å². The third-order valence-electron chi connectivity index (χ3n) is 1.65. The van der Waals surface area contributed by atoms with Crippen LogP contribution in [0.2, 0.25) is 0 Å². The third kappa shape index (κ3) is 1.99. The molecule has 0 aliphatic heterocycles. The number of pyridine rings is 1. The summed E-state index contributed by atoms with van der Waals surface area (Å²) in [6, 6.07) is 1.75. The minimum atomic E-state index is -2.77. The van der Waals surface area contributed by atoms with Gasteiger partial charge in [0.25, 0.3) is 12.0 Å².